The molecule has 0 aliphatic carbocycles. The number of likely N-dealkylation sites (N-methyl/N-ethyl adjacent to an activating group) is 1. The van der Waals surface area contributed by atoms with E-state index in [4.69, 9.17) is 4.74 Å². The van der Waals surface area contributed by atoms with Gasteiger partial charge < -0.3 is 19.5 Å². The van der Waals surface area contributed by atoms with E-state index in [-0.39, 0.29) is 12.1 Å². The Hall–Kier alpha value is -1.98. The molecule has 2 heterocycles. The van der Waals surface area contributed by atoms with E-state index in [0.29, 0.717) is 6.54 Å². The molecule has 1 N–H and O–H groups in total. The van der Waals surface area contributed by atoms with Crippen molar-refractivity contribution in [1.29, 1.82) is 0 Å². The molecule has 6 heteroatoms. The molecule has 1 atom stereocenters. The van der Waals surface area contributed by atoms with Crippen LogP contribution in [0.4, 0.5) is 4.79 Å². The van der Waals surface area contributed by atoms with Crippen LogP contribution in [0.3, 0.4) is 0 Å². The number of nitrogens with zero attached hydrogens (tertiary/aromatic N) is 2. The molecule has 0 bridgehead atoms. The Balaban J connectivity index is 2.26. The van der Waals surface area contributed by atoms with Crippen molar-refractivity contribution < 1.29 is 14.3 Å². The van der Waals surface area contributed by atoms with Gasteiger partial charge in [-0.15, -0.1) is 0 Å². The standard InChI is InChI=1S/C13H19N3O3/c1-13(2,11(17)19-4)16-8-10(15(3)12(16)18)9-6-5-7-14-9/h5-7,10,14H,8H2,1-4H3. The number of aromatic amines is 1. The molecule has 104 valence electrons. The number of rotatable bonds is 3. The van der Waals surface area contributed by atoms with Crippen LogP contribution in [0.25, 0.3) is 0 Å². The second-order valence-corrected chi connectivity index (χ2v) is 5.20. The molecule has 1 aliphatic heterocycles. The number of carbonyl (C=O) groups is 2. The fourth-order valence-corrected chi connectivity index (χ4v) is 2.38. The number of amides is 2. The van der Waals surface area contributed by atoms with Gasteiger partial charge in [0.1, 0.15) is 5.54 Å². The summed E-state index contributed by atoms with van der Waals surface area (Å²) >= 11 is 0. The third-order valence-electron chi connectivity index (χ3n) is 3.70. The predicted molar refractivity (Wildman–Crippen MR) is 69.5 cm³/mol. The second-order valence-electron chi connectivity index (χ2n) is 5.20. The maximum Gasteiger partial charge on any atom is 0.331 e. The Bertz CT molecular complexity index is 481. The van der Waals surface area contributed by atoms with E-state index >= 15 is 0 Å². The third kappa shape index (κ3) is 2.07. The number of nitrogens with one attached hydrogen (secondary N) is 1. The van der Waals surface area contributed by atoms with E-state index in [1.807, 2.05) is 18.3 Å². The first-order valence-corrected chi connectivity index (χ1v) is 6.15. The van der Waals surface area contributed by atoms with Crippen LogP contribution in [0.1, 0.15) is 25.6 Å². The van der Waals surface area contributed by atoms with Crippen molar-refractivity contribution in [2.45, 2.75) is 25.4 Å². The quantitative estimate of drug-likeness (QED) is 0.839. The van der Waals surface area contributed by atoms with Crippen LogP contribution in [0.5, 0.6) is 0 Å². The molecule has 1 fully saturated rings. The molecule has 0 aromatic carbocycles. The van der Waals surface area contributed by atoms with Crippen molar-refractivity contribution in [3.05, 3.63) is 24.0 Å². The molecule has 0 spiro atoms. The maximum absolute atomic E-state index is 12.3. The van der Waals surface area contributed by atoms with Crippen LogP contribution >= 0.6 is 0 Å². The van der Waals surface area contributed by atoms with E-state index in [1.165, 1.54) is 7.11 Å². The van der Waals surface area contributed by atoms with Gasteiger partial charge >= 0.3 is 12.0 Å². The number of ether oxygens (including phenoxy) is 1. The zero-order valence-electron chi connectivity index (χ0n) is 11.6. The van der Waals surface area contributed by atoms with Crippen LogP contribution in [-0.2, 0) is 9.53 Å². The zero-order chi connectivity index (χ0) is 14.2. The van der Waals surface area contributed by atoms with E-state index in [9.17, 15) is 9.59 Å². The molecule has 6 nitrogen and oxygen atoms in total. The molecule has 19 heavy (non-hydrogen) atoms. The minimum Gasteiger partial charge on any atom is -0.467 e. The summed E-state index contributed by atoms with van der Waals surface area (Å²) in [5.74, 6) is -0.415. The molecule has 1 aromatic rings. The second kappa shape index (κ2) is 4.60. The van der Waals surface area contributed by atoms with Gasteiger partial charge in [0, 0.05) is 25.5 Å². The molecule has 2 rings (SSSR count). The Morgan fingerprint density at radius 2 is 2.21 bits per heavy atom. The lowest BCUT2D eigenvalue weighted by molar-refractivity contribution is -0.151. The summed E-state index contributed by atoms with van der Waals surface area (Å²) in [6.07, 6.45) is 1.82. The van der Waals surface area contributed by atoms with Crippen LogP contribution in [0, 0.1) is 0 Å². The lowest BCUT2D eigenvalue weighted by Crippen LogP contribution is -2.52. The van der Waals surface area contributed by atoms with Crippen molar-refractivity contribution in [3.8, 4) is 0 Å². The highest BCUT2D eigenvalue weighted by Crippen LogP contribution is 2.32. The molecule has 0 radical (unpaired) electrons. The van der Waals surface area contributed by atoms with E-state index < -0.39 is 11.5 Å². The summed E-state index contributed by atoms with van der Waals surface area (Å²) in [6, 6.07) is 3.58. The molecule has 2 amide bonds. The summed E-state index contributed by atoms with van der Waals surface area (Å²) in [7, 11) is 3.07. The number of esters is 1. The van der Waals surface area contributed by atoms with Gasteiger partial charge in [-0.05, 0) is 26.0 Å². The van der Waals surface area contributed by atoms with Gasteiger partial charge in [0.2, 0.25) is 0 Å². The summed E-state index contributed by atoms with van der Waals surface area (Å²) < 4.78 is 4.78. The number of carbonyl (C=O) groups excluding carboxylic acids is 2. The van der Waals surface area contributed by atoms with Gasteiger partial charge in [-0.3, -0.25) is 0 Å². The average Bonchev–Trinajstić information content (AvgIpc) is 2.98. The highest BCUT2D eigenvalue weighted by atomic mass is 16.5. The number of H-pyrrole nitrogens is 1. The number of methoxy groups -OCH3 is 1. The molecular formula is C13H19N3O3. The van der Waals surface area contributed by atoms with Gasteiger partial charge in [0.05, 0.1) is 13.2 Å². The lowest BCUT2D eigenvalue weighted by Gasteiger charge is -2.31. The normalized spacial score (nSPS) is 20.0. The minimum atomic E-state index is -0.971. The number of aromatic nitrogens is 1. The van der Waals surface area contributed by atoms with Crippen LogP contribution in [0.2, 0.25) is 0 Å². The third-order valence-corrected chi connectivity index (χ3v) is 3.70. The van der Waals surface area contributed by atoms with Gasteiger partial charge in [-0.2, -0.15) is 0 Å². The first-order valence-electron chi connectivity index (χ1n) is 6.15. The SMILES string of the molecule is COC(=O)C(C)(C)N1CC(c2ccc[nH]2)N(C)C1=O. The molecule has 1 aliphatic rings. The van der Waals surface area contributed by atoms with Crippen molar-refractivity contribution in [1.82, 2.24) is 14.8 Å². The van der Waals surface area contributed by atoms with E-state index in [2.05, 4.69) is 4.98 Å². The Kier molecular flexibility index (Phi) is 3.26. The zero-order valence-corrected chi connectivity index (χ0v) is 11.6. The highest BCUT2D eigenvalue weighted by Gasteiger charge is 2.47. The van der Waals surface area contributed by atoms with Gasteiger partial charge in [0.15, 0.2) is 0 Å². The highest BCUT2D eigenvalue weighted by molar-refractivity contribution is 5.88. The Morgan fingerprint density at radius 1 is 1.53 bits per heavy atom. The topological polar surface area (TPSA) is 65.6 Å². The van der Waals surface area contributed by atoms with Crippen molar-refractivity contribution in [2.75, 3.05) is 20.7 Å². The number of hydrogen-bond donors (Lipinski definition) is 1. The van der Waals surface area contributed by atoms with Crippen LogP contribution < -0.4 is 0 Å². The van der Waals surface area contributed by atoms with Gasteiger partial charge in [-0.25, -0.2) is 9.59 Å². The van der Waals surface area contributed by atoms with Crippen LogP contribution in [0.15, 0.2) is 18.3 Å². The minimum absolute atomic E-state index is 0.0774. The monoisotopic (exact) mass is 265 g/mol. The number of urea groups is 1. The maximum atomic E-state index is 12.3. The van der Waals surface area contributed by atoms with Gasteiger partial charge in [0.25, 0.3) is 0 Å². The van der Waals surface area contributed by atoms with Crippen molar-refractivity contribution >= 4 is 12.0 Å². The molecule has 1 unspecified atom stereocenters. The fraction of sp³-hybridized carbons (Fsp3) is 0.538. The first-order chi connectivity index (χ1) is 8.89. The van der Waals surface area contributed by atoms with Crippen molar-refractivity contribution in [2.24, 2.45) is 0 Å². The summed E-state index contributed by atoms with van der Waals surface area (Å²) in [5.41, 5.74) is -0.0134. The lowest BCUT2D eigenvalue weighted by atomic mass is 10.0. The Labute approximate surface area is 112 Å². The van der Waals surface area contributed by atoms with E-state index in [1.54, 1.807) is 30.7 Å². The first kappa shape index (κ1) is 13.5. The van der Waals surface area contributed by atoms with Gasteiger partial charge in [-0.1, -0.05) is 0 Å². The van der Waals surface area contributed by atoms with E-state index in [0.717, 1.165) is 5.69 Å². The Morgan fingerprint density at radius 3 is 2.74 bits per heavy atom. The predicted octanol–water partition coefficient (Wildman–Crippen LogP) is 1.37. The smallest absolute Gasteiger partial charge is 0.331 e. The average molecular weight is 265 g/mol. The summed E-state index contributed by atoms with van der Waals surface area (Å²) in [5, 5.41) is 0. The summed E-state index contributed by atoms with van der Waals surface area (Å²) in [6.45, 7) is 3.85. The van der Waals surface area contributed by atoms with Crippen molar-refractivity contribution in [3.63, 3.8) is 0 Å². The molecular weight excluding hydrogens is 246 g/mol. The molecule has 1 aromatic heterocycles. The van der Waals surface area contributed by atoms with Crippen LogP contribution in [-0.4, -0.2) is 53.0 Å². The summed E-state index contributed by atoms with van der Waals surface area (Å²) in [4.78, 5) is 30.4. The fourth-order valence-electron chi connectivity index (χ4n) is 2.38. The largest absolute Gasteiger partial charge is 0.467 e. The number of hydrogen-bond acceptors (Lipinski definition) is 3. The molecule has 1 saturated heterocycles. The molecule has 0 saturated carbocycles.